The SMILES string of the molecule is CC(C)Cc1ccc(-c2csc(Nc3ccccc3)n2)cc1. The zero-order valence-electron chi connectivity index (χ0n) is 12.9. The lowest BCUT2D eigenvalue weighted by Gasteiger charge is -2.05. The van der Waals surface area contributed by atoms with Crippen LogP contribution in [0.5, 0.6) is 0 Å². The normalized spacial score (nSPS) is 10.9. The lowest BCUT2D eigenvalue weighted by molar-refractivity contribution is 0.647. The monoisotopic (exact) mass is 308 g/mol. The van der Waals surface area contributed by atoms with Gasteiger partial charge in [-0.1, -0.05) is 56.3 Å². The largest absolute Gasteiger partial charge is 0.332 e. The van der Waals surface area contributed by atoms with Crippen LogP contribution in [0.3, 0.4) is 0 Å². The fourth-order valence-corrected chi connectivity index (χ4v) is 3.13. The minimum absolute atomic E-state index is 0.687. The number of thiazole rings is 1. The molecule has 0 unspecified atom stereocenters. The Hall–Kier alpha value is -2.13. The summed E-state index contributed by atoms with van der Waals surface area (Å²) in [7, 11) is 0. The van der Waals surface area contributed by atoms with Gasteiger partial charge in [0.2, 0.25) is 0 Å². The van der Waals surface area contributed by atoms with Crippen LogP contribution in [0.15, 0.2) is 60.0 Å². The molecule has 0 aliphatic carbocycles. The van der Waals surface area contributed by atoms with Gasteiger partial charge in [0.05, 0.1) is 5.69 Å². The minimum Gasteiger partial charge on any atom is -0.332 e. The number of rotatable bonds is 5. The number of hydrogen-bond donors (Lipinski definition) is 1. The number of benzene rings is 2. The maximum Gasteiger partial charge on any atom is 0.187 e. The number of anilines is 2. The second kappa shape index (κ2) is 6.75. The van der Waals surface area contributed by atoms with Crippen LogP contribution in [0.2, 0.25) is 0 Å². The predicted molar refractivity (Wildman–Crippen MR) is 95.8 cm³/mol. The van der Waals surface area contributed by atoms with E-state index in [4.69, 9.17) is 0 Å². The fraction of sp³-hybridized carbons (Fsp3) is 0.211. The van der Waals surface area contributed by atoms with Crippen LogP contribution >= 0.6 is 11.3 Å². The maximum absolute atomic E-state index is 4.67. The number of para-hydroxylation sites is 1. The van der Waals surface area contributed by atoms with Crippen molar-refractivity contribution >= 4 is 22.2 Å². The van der Waals surface area contributed by atoms with Crippen LogP contribution < -0.4 is 5.32 Å². The molecule has 3 heteroatoms. The van der Waals surface area contributed by atoms with Crippen molar-refractivity contribution in [1.29, 1.82) is 0 Å². The van der Waals surface area contributed by atoms with Crippen LogP contribution in [0.25, 0.3) is 11.3 Å². The van der Waals surface area contributed by atoms with E-state index in [1.807, 2.05) is 30.3 Å². The van der Waals surface area contributed by atoms with Gasteiger partial charge in [-0.3, -0.25) is 0 Å². The quantitative estimate of drug-likeness (QED) is 0.649. The van der Waals surface area contributed by atoms with E-state index in [9.17, 15) is 0 Å². The Morgan fingerprint density at radius 3 is 2.41 bits per heavy atom. The second-order valence-electron chi connectivity index (χ2n) is 5.82. The van der Waals surface area contributed by atoms with Gasteiger partial charge >= 0.3 is 0 Å². The molecule has 0 radical (unpaired) electrons. The molecule has 0 saturated carbocycles. The van der Waals surface area contributed by atoms with E-state index in [1.54, 1.807) is 11.3 Å². The summed E-state index contributed by atoms with van der Waals surface area (Å²) in [4.78, 5) is 4.67. The van der Waals surface area contributed by atoms with Crippen molar-refractivity contribution in [3.8, 4) is 11.3 Å². The average molecular weight is 308 g/mol. The van der Waals surface area contributed by atoms with E-state index >= 15 is 0 Å². The maximum atomic E-state index is 4.67. The molecule has 0 bridgehead atoms. The van der Waals surface area contributed by atoms with Crippen molar-refractivity contribution in [2.45, 2.75) is 20.3 Å². The molecule has 112 valence electrons. The van der Waals surface area contributed by atoms with Crippen LogP contribution in [0.1, 0.15) is 19.4 Å². The van der Waals surface area contributed by atoms with E-state index in [-0.39, 0.29) is 0 Å². The number of nitrogens with one attached hydrogen (secondary N) is 1. The Bertz CT molecular complexity index is 715. The summed E-state index contributed by atoms with van der Waals surface area (Å²) in [5.41, 5.74) is 4.65. The van der Waals surface area contributed by atoms with E-state index in [0.29, 0.717) is 5.92 Å². The molecule has 1 heterocycles. The number of hydrogen-bond acceptors (Lipinski definition) is 3. The summed E-state index contributed by atoms with van der Waals surface area (Å²) in [6.45, 7) is 4.49. The highest BCUT2D eigenvalue weighted by Crippen LogP contribution is 2.27. The molecule has 1 N–H and O–H groups in total. The van der Waals surface area contributed by atoms with Crippen LogP contribution in [0, 0.1) is 5.92 Å². The Morgan fingerprint density at radius 2 is 1.73 bits per heavy atom. The third-order valence-electron chi connectivity index (χ3n) is 3.42. The summed E-state index contributed by atoms with van der Waals surface area (Å²) in [5, 5.41) is 6.36. The van der Waals surface area contributed by atoms with Crippen LogP contribution in [-0.2, 0) is 6.42 Å². The van der Waals surface area contributed by atoms with Gasteiger partial charge in [0.15, 0.2) is 5.13 Å². The smallest absolute Gasteiger partial charge is 0.187 e. The first kappa shape index (κ1) is 14.8. The lowest BCUT2D eigenvalue weighted by Crippen LogP contribution is -1.93. The molecule has 0 fully saturated rings. The highest BCUT2D eigenvalue weighted by molar-refractivity contribution is 7.14. The molecule has 0 spiro atoms. The Kier molecular flexibility index (Phi) is 4.54. The highest BCUT2D eigenvalue weighted by atomic mass is 32.1. The lowest BCUT2D eigenvalue weighted by atomic mass is 10.0. The molecule has 0 atom stereocenters. The molecule has 0 aliphatic rings. The molecule has 1 aromatic heterocycles. The van der Waals surface area contributed by atoms with Crippen molar-refractivity contribution in [3.05, 3.63) is 65.5 Å². The van der Waals surface area contributed by atoms with Crippen molar-refractivity contribution in [2.75, 3.05) is 5.32 Å². The van der Waals surface area contributed by atoms with Gasteiger partial charge in [-0.05, 0) is 30.0 Å². The van der Waals surface area contributed by atoms with Gasteiger partial charge in [-0.15, -0.1) is 11.3 Å². The minimum atomic E-state index is 0.687. The van der Waals surface area contributed by atoms with E-state index in [0.717, 1.165) is 22.9 Å². The van der Waals surface area contributed by atoms with Gasteiger partial charge < -0.3 is 5.32 Å². The molecule has 2 aromatic carbocycles. The first-order valence-corrected chi connectivity index (χ1v) is 8.45. The highest BCUT2D eigenvalue weighted by Gasteiger charge is 2.05. The Morgan fingerprint density at radius 1 is 1.00 bits per heavy atom. The zero-order chi connectivity index (χ0) is 15.4. The molecule has 0 aliphatic heterocycles. The summed E-state index contributed by atoms with van der Waals surface area (Å²) >= 11 is 1.63. The Labute approximate surface area is 135 Å². The van der Waals surface area contributed by atoms with E-state index < -0.39 is 0 Å². The molecular weight excluding hydrogens is 288 g/mol. The molecular formula is C19H20N2S. The molecule has 3 aromatic rings. The summed E-state index contributed by atoms with van der Waals surface area (Å²) in [6.07, 6.45) is 1.12. The van der Waals surface area contributed by atoms with Crippen molar-refractivity contribution < 1.29 is 0 Å². The van der Waals surface area contributed by atoms with Gasteiger partial charge in [0, 0.05) is 16.6 Å². The number of aromatic nitrogens is 1. The predicted octanol–water partition coefficient (Wildman–Crippen LogP) is 5.75. The van der Waals surface area contributed by atoms with E-state index in [1.165, 1.54) is 11.1 Å². The van der Waals surface area contributed by atoms with Gasteiger partial charge in [-0.25, -0.2) is 4.98 Å². The third-order valence-corrected chi connectivity index (χ3v) is 4.18. The molecule has 0 amide bonds. The standard InChI is InChI=1S/C19H20N2S/c1-14(2)12-15-8-10-16(11-9-15)18-13-22-19(21-18)20-17-6-4-3-5-7-17/h3-11,13-14H,12H2,1-2H3,(H,20,21). The first-order valence-electron chi connectivity index (χ1n) is 7.57. The van der Waals surface area contributed by atoms with E-state index in [2.05, 4.69) is 53.8 Å². The zero-order valence-corrected chi connectivity index (χ0v) is 13.7. The average Bonchev–Trinajstić information content (AvgIpc) is 2.97. The van der Waals surface area contributed by atoms with Crippen molar-refractivity contribution in [3.63, 3.8) is 0 Å². The molecule has 2 nitrogen and oxygen atoms in total. The topological polar surface area (TPSA) is 24.9 Å². The van der Waals surface area contributed by atoms with Crippen molar-refractivity contribution in [1.82, 2.24) is 4.98 Å². The second-order valence-corrected chi connectivity index (χ2v) is 6.68. The van der Waals surface area contributed by atoms with Gasteiger partial charge in [0.25, 0.3) is 0 Å². The summed E-state index contributed by atoms with van der Waals surface area (Å²) in [5.74, 6) is 0.687. The summed E-state index contributed by atoms with van der Waals surface area (Å²) in [6, 6.07) is 18.9. The first-order chi connectivity index (χ1) is 10.7. The number of nitrogens with zero attached hydrogens (tertiary/aromatic N) is 1. The van der Waals surface area contributed by atoms with Crippen LogP contribution in [0.4, 0.5) is 10.8 Å². The van der Waals surface area contributed by atoms with Crippen LogP contribution in [-0.4, -0.2) is 4.98 Å². The molecule has 0 saturated heterocycles. The van der Waals surface area contributed by atoms with Gasteiger partial charge in [0.1, 0.15) is 0 Å². The fourth-order valence-electron chi connectivity index (χ4n) is 2.39. The van der Waals surface area contributed by atoms with Gasteiger partial charge in [-0.2, -0.15) is 0 Å². The molecule has 22 heavy (non-hydrogen) atoms. The Balaban J connectivity index is 1.73. The summed E-state index contributed by atoms with van der Waals surface area (Å²) < 4.78 is 0. The molecule has 3 rings (SSSR count). The van der Waals surface area contributed by atoms with Crippen molar-refractivity contribution in [2.24, 2.45) is 5.92 Å². The third kappa shape index (κ3) is 3.74.